The number of benzene rings is 1. The zero-order valence-corrected chi connectivity index (χ0v) is 13.8. The molecule has 0 spiro atoms. The van der Waals surface area contributed by atoms with Gasteiger partial charge in [0, 0.05) is 37.9 Å². The Kier molecular flexibility index (Phi) is 4.69. The summed E-state index contributed by atoms with van der Waals surface area (Å²) in [5, 5.41) is 5.42. The quantitative estimate of drug-likeness (QED) is 0.904. The molecule has 2 heterocycles. The predicted molar refractivity (Wildman–Crippen MR) is 87.5 cm³/mol. The van der Waals surface area contributed by atoms with Crippen molar-refractivity contribution in [1.82, 2.24) is 15.1 Å². The van der Waals surface area contributed by atoms with Crippen LogP contribution in [-0.2, 0) is 6.18 Å². The number of H-pyrrole nitrogens is 1. The van der Waals surface area contributed by atoms with Crippen molar-refractivity contribution in [2.75, 3.05) is 31.1 Å². The van der Waals surface area contributed by atoms with E-state index in [9.17, 15) is 18.0 Å². The first-order valence-electron chi connectivity index (χ1n) is 8.09. The highest BCUT2D eigenvalue weighted by Crippen LogP contribution is 2.28. The summed E-state index contributed by atoms with van der Waals surface area (Å²) in [5.74, 6) is -0.474. The summed E-state index contributed by atoms with van der Waals surface area (Å²) in [4.78, 5) is 16.2. The molecule has 0 radical (unpaired) electrons. The molecular formula is C17H19F3N4O. The van der Waals surface area contributed by atoms with Gasteiger partial charge < -0.3 is 9.80 Å². The van der Waals surface area contributed by atoms with Crippen LogP contribution in [0.5, 0.6) is 0 Å². The number of nitrogens with one attached hydrogen (secondary N) is 1. The van der Waals surface area contributed by atoms with Crippen LogP contribution in [0.25, 0.3) is 0 Å². The Labute approximate surface area is 143 Å². The molecule has 8 heteroatoms. The molecule has 134 valence electrons. The van der Waals surface area contributed by atoms with E-state index in [4.69, 9.17) is 0 Å². The Bertz CT molecular complexity index is 756. The van der Waals surface area contributed by atoms with Gasteiger partial charge in [0.2, 0.25) is 0 Å². The standard InChI is InChI=1S/C17H19F3N4O/c1-12-5-2-3-6-14(12)23-7-4-8-24(10-9-23)16(25)13-11-15(22-21-13)17(18,19)20/h2-3,5-6,11H,4,7-10H2,1H3,(H,21,22). The van der Waals surface area contributed by atoms with E-state index in [1.165, 1.54) is 0 Å². The lowest BCUT2D eigenvalue weighted by molar-refractivity contribution is -0.141. The van der Waals surface area contributed by atoms with Gasteiger partial charge in [-0.2, -0.15) is 18.3 Å². The summed E-state index contributed by atoms with van der Waals surface area (Å²) in [6.45, 7) is 4.40. The lowest BCUT2D eigenvalue weighted by Crippen LogP contribution is -2.35. The number of anilines is 1. The molecule has 25 heavy (non-hydrogen) atoms. The summed E-state index contributed by atoms with van der Waals surface area (Å²) in [5.41, 5.74) is 1.07. The smallest absolute Gasteiger partial charge is 0.369 e. The van der Waals surface area contributed by atoms with E-state index in [1.54, 1.807) is 4.90 Å². The number of nitrogens with zero attached hydrogens (tertiary/aromatic N) is 3. The van der Waals surface area contributed by atoms with Crippen molar-refractivity contribution in [3.63, 3.8) is 0 Å². The van der Waals surface area contributed by atoms with E-state index in [-0.39, 0.29) is 5.69 Å². The first kappa shape index (κ1) is 17.3. The number of halogens is 3. The molecule has 1 fully saturated rings. The molecule has 5 nitrogen and oxygen atoms in total. The first-order valence-corrected chi connectivity index (χ1v) is 8.09. The van der Waals surface area contributed by atoms with Crippen LogP contribution >= 0.6 is 0 Å². The summed E-state index contributed by atoms with van der Waals surface area (Å²) >= 11 is 0. The predicted octanol–water partition coefficient (Wildman–Crippen LogP) is 3.09. The monoisotopic (exact) mass is 352 g/mol. The zero-order valence-electron chi connectivity index (χ0n) is 13.8. The normalized spacial score (nSPS) is 16.0. The fourth-order valence-corrected chi connectivity index (χ4v) is 3.02. The maximum Gasteiger partial charge on any atom is 0.432 e. The van der Waals surface area contributed by atoms with E-state index >= 15 is 0 Å². The molecule has 2 aromatic rings. The van der Waals surface area contributed by atoms with Gasteiger partial charge in [0.05, 0.1) is 0 Å². The van der Waals surface area contributed by atoms with E-state index in [0.29, 0.717) is 19.6 Å². The number of aromatic amines is 1. The molecular weight excluding hydrogens is 333 g/mol. The molecule has 1 amide bonds. The third kappa shape index (κ3) is 3.78. The van der Waals surface area contributed by atoms with Gasteiger partial charge in [-0.05, 0) is 25.0 Å². The van der Waals surface area contributed by atoms with Crippen LogP contribution in [-0.4, -0.2) is 47.2 Å². The van der Waals surface area contributed by atoms with Gasteiger partial charge in [0.25, 0.3) is 5.91 Å². The second-order valence-electron chi connectivity index (χ2n) is 6.08. The van der Waals surface area contributed by atoms with Crippen molar-refractivity contribution >= 4 is 11.6 Å². The van der Waals surface area contributed by atoms with Gasteiger partial charge in [-0.15, -0.1) is 0 Å². The average Bonchev–Trinajstić information content (AvgIpc) is 2.95. The molecule has 0 saturated carbocycles. The Morgan fingerprint density at radius 1 is 1.16 bits per heavy atom. The largest absolute Gasteiger partial charge is 0.432 e. The van der Waals surface area contributed by atoms with Crippen LogP contribution in [0.15, 0.2) is 30.3 Å². The van der Waals surface area contributed by atoms with Crippen LogP contribution in [0.2, 0.25) is 0 Å². The number of hydrogen-bond donors (Lipinski definition) is 1. The van der Waals surface area contributed by atoms with Gasteiger partial charge in [-0.25, -0.2) is 0 Å². The lowest BCUT2D eigenvalue weighted by Gasteiger charge is -2.25. The molecule has 1 N–H and O–H groups in total. The Morgan fingerprint density at radius 3 is 2.60 bits per heavy atom. The number of carbonyl (C=O) groups is 1. The Morgan fingerprint density at radius 2 is 1.92 bits per heavy atom. The fourth-order valence-electron chi connectivity index (χ4n) is 3.02. The van der Waals surface area contributed by atoms with Crippen molar-refractivity contribution in [2.24, 2.45) is 0 Å². The SMILES string of the molecule is Cc1ccccc1N1CCCN(C(=O)c2cc(C(F)(F)F)[nH]n2)CC1. The van der Waals surface area contributed by atoms with Gasteiger partial charge in [0.15, 0.2) is 5.69 Å². The highest BCUT2D eigenvalue weighted by Gasteiger charge is 2.34. The number of aryl methyl sites for hydroxylation is 1. The molecule has 1 aliphatic rings. The van der Waals surface area contributed by atoms with Crippen LogP contribution in [0.1, 0.15) is 28.2 Å². The van der Waals surface area contributed by atoms with Gasteiger partial charge in [-0.3, -0.25) is 9.89 Å². The maximum atomic E-state index is 12.6. The second-order valence-corrected chi connectivity index (χ2v) is 6.08. The molecule has 1 aromatic carbocycles. The van der Waals surface area contributed by atoms with Crippen LogP contribution in [0.4, 0.5) is 18.9 Å². The number of alkyl halides is 3. The third-order valence-electron chi connectivity index (χ3n) is 4.34. The lowest BCUT2D eigenvalue weighted by atomic mass is 10.2. The van der Waals surface area contributed by atoms with Crippen LogP contribution < -0.4 is 4.90 Å². The summed E-state index contributed by atoms with van der Waals surface area (Å²) in [7, 11) is 0. The highest BCUT2D eigenvalue weighted by atomic mass is 19.4. The third-order valence-corrected chi connectivity index (χ3v) is 4.34. The van der Waals surface area contributed by atoms with Gasteiger partial charge >= 0.3 is 6.18 Å². The zero-order chi connectivity index (χ0) is 18.0. The molecule has 1 saturated heterocycles. The average molecular weight is 352 g/mol. The Hall–Kier alpha value is -2.51. The number of carbonyl (C=O) groups excluding carboxylic acids is 1. The Balaban J connectivity index is 1.70. The van der Waals surface area contributed by atoms with Gasteiger partial charge in [-0.1, -0.05) is 18.2 Å². The molecule has 1 aliphatic heterocycles. The number of hydrogen-bond acceptors (Lipinski definition) is 3. The number of rotatable bonds is 2. The first-order chi connectivity index (χ1) is 11.9. The second kappa shape index (κ2) is 6.78. The molecule has 0 atom stereocenters. The highest BCUT2D eigenvalue weighted by molar-refractivity contribution is 5.92. The van der Waals surface area contributed by atoms with Crippen molar-refractivity contribution < 1.29 is 18.0 Å². The van der Waals surface area contributed by atoms with Crippen molar-refractivity contribution in [2.45, 2.75) is 19.5 Å². The summed E-state index contributed by atoms with van der Waals surface area (Å²) < 4.78 is 37.9. The van der Waals surface area contributed by atoms with Gasteiger partial charge in [0.1, 0.15) is 5.69 Å². The molecule has 0 bridgehead atoms. The maximum absolute atomic E-state index is 12.6. The minimum absolute atomic E-state index is 0.198. The van der Waals surface area contributed by atoms with Crippen LogP contribution in [0.3, 0.4) is 0 Å². The van der Waals surface area contributed by atoms with E-state index in [0.717, 1.165) is 30.3 Å². The minimum Gasteiger partial charge on any atom is -0.369 e. The number of para-hydroxylation sites is 1. The molecule has 1 aromatic heterocycles. The molecule has 0 aliphatic carbocycles. The van der Waals surface area contributed by atoms with Crippen molar-refractivity contribution in [1.29, 1.82) is 0 Å². The molecule has 3 rings (SSSR count). The summed E-state index contributed by atoms with van der Waals surface area (Å²) in [6.07, 6.45) is -3.79. The van der Waals surface area contributed by atoms with E-state index in [2.05, 4.69) is 10.00 Å². The van der Waals surface area contributed by atoms with Crippen LogP contribution in [0, 0.1) is 6.92 Å². The topological polar surface area (TPSA) is 52.2 Å². The minimum atomic E-state index is -4.54. The molecule has 0 unspecified atom stereocenters. The summed E-state index contributed by atoms with van der Waals surface area (Å²) in [6, 6.07) is 8.79. The van der Waals surface area contributed by atoms with Crippen molar-refractivity contribution in [3.8, 4) is 0 Å². The fraction of sp³-hybridized carbons (Fsp3) is 0.412. The number of amides is 1. The number of aromatic nitrogens is 2. The van der Waals surface area contributed by atoms with Crippen molar-refractivity contribution in [3.05, 3.63) is 47.3 Å². The van der Waals surface area contributed by atoms with E-state index < -0.39 is 17.8 Å². The van der Waals surface area contributed by atoms with E-state index in [1.807, 2.05) is 36.3 Å².